The van der Waals surface area contributed by atoms with Gasteiger partial charge >= 0.3 is 0 Å². The lowest BCUT2D eigenvalue weighted by Crippen LogP contribution is -2.52. The normalized spacial score (nSPS) is 14.4. The van der Waals surface area contributed by atoms with Gasteiger partial charge in [0.25, 0.3) is 5.91 Å². The van der Waals surface area contributed by atoms with Crippen molar-refractivity contribution in [1.29, 1.82) is 0 Å². The van der Waals surface area contributed by atoms with Gasteiger partial charge in [-0.25, -0.2) is 0 Å². The van der Waals surface area contributed by atoms with Crippen LogP contribution in [0, 0.1) is 5.92 Å². The summed E-state index contributed by atoms with van der Waals surface area (Å²) in [5.74, 6) is 0.415. The average molecular weight is 273 g/mol. The van der Waals surface area contributed by atoms with Gasteiger partial charge in [0.1, 0.15) is 0 Å². The van der Waals surface area contributed by atoms with Crippen molar-refractivity contribution in [3.05, 3.63) is 36.0 Å². The number of aromatic nitrogens is 1. The SMILES string of the molecule is CC(C)CC(C)(CN)NC(=O)c1ccc2[nH]ccc2c1. The Morgan fingerprint density at radius 3 is 2.80 bits per heavy atom. The number of carbonyl (C=O) groups is 1. The molecule has 4 nitrogen and oxygen atoms in total. The van der Waals surface area contributed by atoms with Crippen molar-refractivity contribution < 1.29 is 4.79 Å². The molecular weight excluding hydrogens is 250 g/mol. The molecule has 0 saturated heterocycles. The van der Waals surface area contributed by atoms with Gasteiger partial charge in [-0.1, -0.05) is 13.8 Å². The minimum Gasteiger partial charge on any atom is -0.361 e. The lowest BCUT2D eigenvalue weighted by atomic mass is 9.90. The molecule has 2 rings (SSSR count). The Bertz CT molecular complexity index is 603. The molecule has 1 amide bonds. The molecule has 0 aliphatic rings. The van der Waals surface area contributed by atoms with E-state index in [1.165, 1.54) is 0 Å². The van der Waals surface area contributed by atoms with Crippen molar-refractivity contribution in [2.75, 3.05) is 6.54 Å². The standard InChI is InChI=1S/C16H23N3O/c1-11(2)9-16(3,10-17)19-15(20)13-4-5-14-12(8-13)6-7-18-14/h4-8,11,18H,9-10,17H2,1-3H3,(H,19,20). The van der Waals surface area contributed by atoms with Gasteiger partial charge in [0.15, 0.2) is 0 Å². The Balaban J connectivity index is 2.17. The minimum absolute atomic E-state index is 0.0679. The van der Waals surface area contributed by atoms with Gasteiger partial charge in [0.2, 0.25) is 0 Å². The molecule has 4 N–H and O–H groups in total. The molecule has 4 heteroatoms. The molecule has 0 aliphatic carbocycles. The first-order valence-electron chi connectivity index (χ1n) is 7.03. The minimum atomic E-state index is -0.363. The molecule has 0 bridgehead atoms. The molecule has 0 fully saturated rings. The average Bonchev–Trinajstić information content (AvgIpc) is 2.84. The highest BCUT2D eigenvalue weighted by Gasteiger charge is 2.26. The van der Waals surface area contributed by atoms with E-state index >= 15 is 0 Å². The van der Waals surface area contributed by atoms with E-state index in [-0.39, 0.29) is 11.4 Å². The highest BCUT2D eigenvalue weighted by atomic mass is 16.1. The third-order valence-electron chi connectivity index (χ3n) is 3.54. The number of hydrogen-bond acceptors (Lipinski definition) is 2. The van der Waals surface area contributed by atoms with Crippen molar-refractivity contribution in [3.63, 3.8) is 0 Å². The van der Waals surface area contributed by atoms with Crippen LogP contribution in [0.2, 0.25) is 0 Å². The zero-order chi connectivity index (χ0) is 14.8. The first kappa shape index (κ1) is 14.6. The van der Waals surface area contributed by atoms with Crippen LogP contribution in [-0.2, 0) is 0 Å². The highest BCUT2D eigenvalue weighted by Crippen LogP contribution is 2.18. The van der Waals surface area contributed by atoms with Crippen LogP contribution in [0.5, 0.6) is 0 Å². The summed E-state index contributed by atoms with van der Waals surface area (Å²) in [4.78, 5) is 15.5. The summed E-state index contributed by atoms with van der Waals surface area (Å²) < 4.78 is 0. The molecule has 0 spiro atoms. The summed E-state index contributed by atoms with van der Waals surface area (Å²) >= 11 is 0. The van der Waals surface area contributed by atoms with E-state index in [2.05, 4.69) is 24.1 Å². The fraction of sp³-hybridized carbons (Fsp3) is 0.438. The van der Waals surface area contributed by atoms with E-state index < -0.39 is 0 Å². The van der Waals surface area contributed by atoms with Gasteiger partial charge in [0, 0.05) is 34.7 Å². The summed E-state index contributed by atoms with van der Waals surface area (Å²) in [7, 11) is 0. The quantitative estimate of drug-likeness (QED) is 0.783. The Morgan fingerprint density at radius 1 is 1.40 bits per heavy atom. The lowest BCUT2D eigenvalue weighted by Gasteiger charge is -2.31. The van der Waals surface area contributed by atoms with Gasteiger partial charge in [-0.05, 0) is 43.5 Å². The number of amides is 1. The number of hydrogen-bond donors (Lipinski definition) is 3. The lowest BCUT2D eigenvalue weighted by molar-refractivity contribution is 0.0898. The molecule has 1 aromatic heterocycles. The highest BCUT2D eigenvalue weighted by molar-refractivity contribution is 5.98. The molecule has 1 aromatic carbocycles. The molecule has 20 heavy (non-hydrogen) atoms. The molecule has 0 saturated carbocycles. The fourth-order valence-electron chi connectivity index (χ4n) is 2.63. The van der Waals surface area contributed by atoms with Crippen LogP contribution in [-0.4, -0.2) is 23.0 Å². The van der Waals surface area contributed by atoms with Gasteiger partial charge in [-0.2, -0.15) is 0 Å². The number of nitrogens with one attached hydrogen (secondary N) is 2. The number of benzene rings is 1. The van der Waals surface area contributed by atoms with Gasteiger partial charge in [-0.15, -0.1) is 0 Å². The molecule has 1 heterocycles. The first-order chi connectivity index (χ1) is 9.43. The number of H-pyrrole nitrogens is 1. The second kappa shape index (κ2) is 5.67. The monoisotopic (exact) mass is 273 g/mol. The maximum atomic E-state index is 12.4. The maximum Gasteiger partial charge on any atom is 0.251 e. The van der Waals surface area contributed by atoms with E-state index in [0.717, 1.165) is 17.3 Å². The second-order valence-electron chi connectivity index (χ2n) is 6.10. The third-order valence-corrected chi connectivity index (χ3v) is 3.54. The summed E-state index contributed by atoms with van der Waals surface area (Å²) in [6.45, 7) is 6.70. The van der Waals surface area contributed by atoms with E-state index in [1.54, 1.807) is 0 Å². The number of rotatable bonds is 5. The summed E-state index contributed by atoms with van der Waals surface area (Å²) in [6, 6.07) is 7.61. The van der Waals surface area contributed by atoms with Crippen LogP contribution in [0.3, 0.4) is 0 Å². The Kier molecular flexibility index (Phi) is 4.14. The van der Waals surface area contributed by atoms with Gasteiger partial charge in [0.05, 0.1) is 0 Å². The van der Waals surface area contributed by atoms with Crippen LogP contribution < -0.4 is 11.1 Å². The molecule has 108 valence electrons. The van der Waals surface area contributed by atoms with E-state index in [9.17, 15) is 4.79 Å². The summed E-state index contributed by atoms with van der Waals surface area (Å²) in [5, 5.41) is 4.11. The predicted octanol–water partition coefficient (Wildman–Crippen LogP) is 2.66. The largest absolute Gasteiger partial charge is 0.361 e. The second-order valence-corrected chi connectivity index (χ2v) is 6.10. The van der Waals surface area contributed by atoms with E-state index in [4.69, 9.17) is 5.73 Å². The number of aromatic amines is 1. The topological polar surface area (TPSA) is 70.9 Å². The predicted molar refractivity (Wildman–Crippen MR) is 82.7 cm³/mol. The van der Waals surface area contributed by atoms with Gasteiger partial charge in [-0.3, -0.25) is 4.79 Å². The third kappa shape index (κ3) is 3.20. The van der Waals surface area contributed by atoms with Crippen molar-refractivity contribution in [2.45, 2.75) is 32.7 Å². The Hall–Kier alpha value is -1.81. The Morgan fingerprint density at radius 2 is 2.15 bits per heavy atom. The zero-order valence-corrected chi connectivity index (χ0v) is 12.4. The van der Waals surface area contributed by atoms with Gasteiger partial charge < -0.3 is 16.0 Å². The van der Waals surface area contributed by atoms with Crippen molar-refractivity contribution in [3.8, 4) is 0 Å². The van der Waals surface area contributed by atoms with Crippen LogP contribution >= 0.6 is 0 Å². The van der Waals surface area contributed by atoms with E-state index in [1.807, 2.05) is 37.4 Å². The number of carbonyl (C=O) groups excluding carboxylic acids is 1. The van der Waals surface area contributed by atoms with Crippen LogP contribution in [0.4, 0.5) is 0 Å². The zero-order valence-electron chi connectivity index (χ0n) is 12.4. The molecule has 1 atom stereocenters. The van der Waals surface area contributed by atoms with Crippen LogP contribution in [0.15, 0.2) is 30.5 Å². The smallest absolute Gasteiger partial charge is 0.251 e. The maximum absolute atomic E-state index is 12.4. The molecule has 0 aliphatic heterocycles. The first-order valence-corrected chi connectivity index (χ1v) is 7.03. The fourth-order valence-corrected chi connectivity index (χ4v) is 2.63. The van der Waals surface area contributed by atoms with Crippen LogP contribution in [0.1, 0.15) is 37.6 Å². The van der Waals surface area contributed by atoms with E-state index in [0.29, 0.717) is 18.0 Å². The van der Waals surface area contributed by atoms with Crippen molar-refractivity contribution in [1.82, 2.24) is 10.3 Å². The molecular formula is C16H23N3O. The number of nitrogens with two attached hydrogens (primary N) is 1. The molecule has 2 aromatic rings. The van der Waals surface area contributed by atoms with Crippen molar-refractivity contribution >= 4 is 16.8 Å². The summed E-state index contributed by atoms with van der Waals surface area (Å²) in [5.41, 5.74) is 7.17. The Labute approximate surface area is 119 Å². The number of fused-ring (bicyclic) bond motifs is 1. The molecule has 1 unspecified atom stereocenters. The summed E-state index contributed by atoms with van der Waals surface area (Å²) in [6.07, 6.45) is 2.73. The molecule has 0 radical (unpaired) electrons. The van der Waals surface area contributed by atoms with Crippen molar-refractivity contribution in [2.24, 2.45) is 11.7 Å². The van der Waals surface area contributed by atoms with Crippen LogP contribution in [0.25, 0.3) is 10.9 Å².